The second kappa shape index (κ2) is 8.56. The first kappa shape index (κ1) is 22.0. The summed E-state index contributed by atoms with van der Waals surface area (Å²) in [5.74, 6) is -1.26. The van der Waals surface area contributed by atoms with Crippen LogP contribution in [0, 0.1) is 12.7 Å². The largest absolute Gasteiger partial charge is 0.496 e. The zero-order valence-corrected chi connectivity index (χ0v) is 18.6. The van der Waals surface area contributed by atoms with Crippen molar-refractivity contribution in [3.63, 3.8) is 0 Å². The molecular weight excluding hydrogens is 401 g/mol. The number of hydrogen-bond acceptors (Lipinski definition) is 4. The molecule has 0 aliphatic carbocycles. The van der Waals surface area contributed by atoms with E-state index in [1.807, 2.05) is 31.2 Å². The average molecular weight is 428 g/mol. The maximum Gasteiger partial charge on any atom is 0.304 e. The number of aryl methyl sites for hydroxylation is 1. The first-order valence-electron chi connectivity index (χ1n) is 9.72. The van der Waals surface area contributed by atoms with Crippen molar-refractivity contribution in [2.24, 2.45) is 0 Å². The molecule has 0 amide bonds. The van der Waals surface area contributed by atoms with Crippen LogP contribution in [0.1, 0.15) is 54.1 Å². The van der Waals surface area contributed by atoms with E-state index in [2.05, 4.69) is 25.8 Å². The molecular formula is C24H26FNO3S. The highest BCUT2D eigenvalue weighted by Crippen LogP contribution is 2.38. The Bertz CT molecular complexity index is 1070. The Kier molecular flexibility index (Phi) is 6.27. The van der Waals surface area contributed by atoms with Gasteiger partial charge in [-0.15, -0.1) is 11.3 Å². The van der Waals surface area contributed by atoms with E-state index in [1.54, 1.807) is 13.3 Å². The molecule has 1 heterocycles. The van der Waals surface area contributed by atoms with Crippen LogP contribution in [0.25, 0.3) is 11.1 Å². The Morgan fingerprint density at radius 2 is 1.97 bits per heavy atom. The Hall–Kier alpha value is -2.73. The molecule has 0 saturated carbocycles. The average Bonchev–Trinajstić information content (AvgIpc) is 3.10. The number of carbonyl (C=O) groups is 1. The lowest BCUT2D eigenvalue weighted by Gasteiger charge is -2.22. The smallest absolute Gasteiger partial charge is 0.304 e. The third-order valence-electron chi connectivity index (χ3n) is 5.01. The number of benzene rings is 2. The van der Waals surface area contributed by atoms with Crippen molar-refractivity contribution in [3.05, 3.63) is 69.4 Å². The monoisotopic (exact) mass is 427 g/mol. The van der Waals surface area contributed by atoms with E-state index in [0.29, 0.717) is 21.9 Å². The van der Waals surface area contributed by atoms with Gasteiger partial charge in [0.05, 0.1) is 13.5 Å². The second-order valence-corrected chi connectivity index (χ2v) is 9.66. The number of thiazole rings is 1. The van der Waals surface area contributed by atoms with Crippen molar-refractivity contribution in [2.45, 2.75) is 45.4 Å². The number of carboxylic acid groups (broad SMARTS) is 1. The van der Waals surface area contributed by atoms with Gasteiger partial charge < -0.3 is 9.84 Å². The zero-order chi connectivity index (χ0) is 22.1. The number of rotatable bonds is 6. The van der Waals surface area contributed by atoms with Gasteiger partial charge in [-0.25, -0.2) is 9.37 Å². The first-order chi connectivity index (χ1) is 14.1. The predicted molar refractivity (Wildman–Crippen MR) is 118 cm³/mol. The highest BCUT2D eigenvalue weighted by Gasteiger charge is 2.23. The maximum absolute atomic E-state index is 14.7. The quantitative estimate of drug-likeness (QED) is 0.511. The summed E-state index contributed by atoms with van der Waals surface area (Å²) in [5, 5.41) is 10.1. The Morgan fingerprint density at radius 1 is 1.23 bits per heavy atom. The molecule has 4 nitrogen and oxygen atoms in total. The van der Waals surface area contributed by atoms with Gasteiger partial charge in [-0.05, 0) is 53.3 Å². The number of methoxy groups -OCH3 is 1. The summed E-state index contributed by atoms with van der Waals surface area (Å²) in [4.78, 5) is 16.9. The Balaban J connectivity index is 2.16. The van der Waals surface area contributed by atoms with Crippen molar-refractivity contribution in [1.29, 1.82) is 0 Å². The SMILES string of the molecule is COc1ccc(C(C)(C)C)cc1-c1cc(F)cc(C(CC(=O)O)c2ncc(C)s2)c1. The van der Waals surface area contributed by atoms with E-state index in [1.165, 1.54) is 23.5 Å². The molecule has 0 saturated heterocycles. The van der Waals surface area contributed by atoms with Crippen molar-refractivity contribution >= 4 is 17.3 Å². The molecule has 0 bridgehead atoms. The molecule has 2 aromatic carbocycles. The number of halogens is 1. The fraction of sp³-hybridized carbons (Fsp3) is 0.333. The third kappa shape index (κ3) is 4.87. The lowest BCUT2D eigenvalue weighted by atomic mass is 9.84. The molecule has 1 aromatic heterocycles. The Morgan fingerprint density at radius 3 is 2.53 bits per heavy atom. The number of ether oxygens (including phenoxy) is 1. The molecule has 0 spiro atoms. The fourth-order valence-electron chi connectivity index (χ4n) is 3.42. The minimum absolute atomic E-state index is 0.0819. The summed E-state index contributed by atoms with van der Waals surface area (Å²) >= 11 is 1.43. The minimum atomic E-state index is -0.953. The van der Waals surface area contributed by atoms with Crippen LogP contribution in [-0.4, -0.2) is 23.2 Å². The summed E-state index contributed by atoms with van der Waals surface area (Å²) in [6, 6.07) is 10.6. The van der Waals surface area contributed by atoms with Gasteiger partial charge in [0.2, 0.25) is 0 Å². The van der Waals surface area contributed by atoms with Gasteiger partial charge in [-0.1, -0.05) is 32.9 Å². The molecule has 1 N–H and O–H groups in total. The highest BCUT2D eigenvalue weighted by atomic mass is 32.1. The summed E-state index contributed by atoms with van der Waals surface area (Å²) in [6.45, 7) is 8.26. The number of hydrogen-bond donors (Lipinski definition) is 1. The molecule has 3 rings (SSSR count). The van der Waals surface area contributed by atoms with E-state index in [0.717, 1.165) is 16.0 Å². The van der Waals surface area contributed by atoms with E-state index >= 15 is 0 Å². The van der Waals surface area contributed by atoms with Crippen LogP contribution < -0.4 is 4.74 Å². The summed E-state index contributed by atoms with van der Waals surface area (Å²) in [7, 11) is 1.58. The van der Waals surface area contributed by atoms with Crippen LogP contribution in [0.15, 0.2) is 42.6 Å². The molecule has 1 unspecified atom stereocenters. The van der Waals surface area contributed by atoms with Crippen LogP contribution in [0.5, 0.6) is 5.75 Å². The van der Waals surface area contributed by atoms with Gasteiger partial charge in [0.1, 0.15) is 16.6 Å². The van der Waals surface area contributed by atoms with Gasteiger partial charge in [0, 0.05) is 22.6 Å². The minimum Gasteiger partial charge on any atom is -0.496 e. The van der Waals surface area contributed by atoms with E-state index in [4.69, 9.17) is 4.74 Å². The molecule has 6 heteroatoms. The van der Waals surface area contributed by atoms with Crippen LogP contribution in [-0.2, 0) is 10.2 Å². The molecule has 0 aliphatic heterocycles. The molecule has 0 radical (unpaired) electrons. The normalized spacial score (nSPS) is 12.6. The fourth-order valence-corrected chi connectivity index (χ4v) is 4.33. The van der Waals surface area contributed by atoms with E-state index in [9.17, 15) is 14.3 Å². The number of aromatic nitrogens is 1. The lowest BCUT2D eigenvalue weighted by molar-refractivity contribution is -0.137. The van der Waals surface area contributed by atoms with Gasteiger partial charge in [0.25, 0.3) is 0 Å². The topological polar surface area (TPSA) is 59.4 Å². The summed E-state index contributed by atoms with van der Waals surface area (Å²) in [5.41, 5.74) is 3.03. The molecule has 158 valence electrons. The van der Waals surface area contributed by atoms with Crippen LogP contribution >= 0.6 is 11.3 Å². The molecule has 3 aromatic rings. The first-order valence-corrected chi connectivity index (χ1v) is 10.5. The maximum atomic E-state index is 14.7. The van der Waals surface area contributed by atoms with Gasteiger partial charge in [-0.2, -0.15) is 0 Å². The zero-order valence-electron chi connectivity index (χ0n) is 17.8. The second-order valence-electron chi connectivity index (χ2n) is 8.40. The molecule has 1 atom stereocenters. The van der Waals surface area contributed by atoms with Crippen molar-refractivity contribution in [3.8, 4) is 16.9 Å². The third-order valence-corrected chi connectivity index (χ3v) is 6.04. The molecule has 0 fully saturated rings. The molecule has 30 heavy (non-hydrogen) atoms. The number of nitrogens with zero attached hydrogens (tertiary/aromatic N) is 1. The standard InChI is InChI=1S/C24H26FNO3S/c1-14-13-26-23(30-14)20(12-22(27)28)16-8-15(9-18(25)10-16)19-11-17(24(2,3)4)6-7-21(19)29-5/h6-11,13,20H,12H2,1-5H3,(H,27,28). The van der Waals surface area contributed by atoms with Crippen LogP contribution in [0.4, 0.5) is 4.39 Å². The predicted octanol–water partition coefficient (Wildman–Crippen LogP) is 6.17. The number of carboxylic acids is 1. The van der Waals surface area contributed by atoms with Crippen LogP contribution in [0.3, 0.4) is 0 Å². The lowest BCUT2D eigenvalue weighted by Crippen LogP contribution is -2.11. The van der Waals surface area contributed by atoms with Crippen LogP contribution in [0.2, 0.25) is 0 Å². The summed E-state index contributed by atoms with van der Waals surface area (Å²) < 4.78 is 20.2. The Labute approximate surface area is 180 Å². The van der Waals surface area contributed by atoms with Gasteiger partial charge in [-0.3, -0.25) is 4.79 Å². The van der Waals surface area contributed by atoms with Crippen molar-refractivity contribution < 1.29 is 19.0 Å². The summed E-state index contributed by atoms with van der Waals surface area (Å²) in [6.07, 6.45) is 1.56. The van der Waals surface area contributed by atoms with E-state index < -0.39 is 17.7 Å². The van der Waals surface area contributed by atoms with E-state index in [-0.39, 0.29) is 11.8 Å². The van der Waals surface area contributed by atoms with Crippen molar-refractivity contribution in [1.82, 2.24) is 4.98 Å². The number of aliphatic carboxylic acids is 1. The molecule has 0 aliphatic rings. The van der Waals surface area contributed by atoms with Gasteiger partial charge in [0.15, 0.2) is 0 Å². The van der Waals surface area contributed by atoms with Crippen molar-refractivity contribution in [2.75, 3.05) is 7.11 Å². The van der Waals surface area contributed by atoms with Gasteiger partial charge >= 0.3 is 5.97 Å². The highest BCUT2D eigenvalue weighted by molar-refractivity contribution is 7.11.